The minimum absolute atomic E-state index is 0.0685. The highest BCUT2D eigenvalue weighted by atomic mass is 14.7. The molecule has 0 N–H and O–H groups in total. The highest BCUT2D eigenvalue weighted by Crippen LogP contribution is 2.21. The van der Waals surface area contributed by atoms with Crippen LogP contribution >= 0.6 is 0 Å². The molecule has 0 amide bonds. The van der Waals surface area contributed by atoms with Crippen LogP contribution in [0.15, 0.2) is 72.9 Å². The Labute approximate surface area is 127 Å². The van der Waals surface area contributed by atoms with E-state index in [1.807, 2.05) is 30.3 Å². The predicted octanol–water partition coefficient (Wildman–Crippen LogP) is 4.65. The zero-order valence-corrected chi connectivity index (χ0v) is 10.9. The zero-order valence-electron chi connectivity index (χ0n) is 15.9. The number of benzene rings is 2. The topological polar surface area (TPSA) is 12.9 Å². The van der Waals surface area contributed by atoms with Gasteiger partial charge in [-0.2, -0.15) is 0 Å². The van der Waals surface area contributed by atoms with Crippen LogP contribution in [0.2, 0.25) is 0 Å². The molecule has 2 aromatic carbocycles. The van der Waals surface area contributed by atoms with Gasteiger partial charge in [0.05, 0.1) is 5.69 Å². The van der Waals surface area contributed by atoms with E-state index in [0.717, 1.165) is 5.56 Å². The molecule has 0 aliphatic heterocycles. The SMILES string of the molecule is [2H]C([2H])([2H])c1cnc(-c2ccccc2)cc1C([2H])([2H])c1ccccc1. The van der Waals surface area contributed by atoms with Gasteiger partial charge >= 0.3 is 0 Å². The second-order valence-corrected chi connectivity index (χ2v) is 4.47. The summed E-state index contributed by atoms with van der Waals surface area (Å²) in [5.74, 6) is 0. The minimum Gasteiger partial charge on any atom is -0.256 e. The third kappa shape index (κ3) is 2.77. The largest absolute Gasteiger partial charge is 0.256 e. The Morgan fingerprint density at radius 3 is 2.40 bits per heavy atom. The average Bonchev–Trinajstić information content (AvgIpc) is 2.62. The number of aromatic nitrogens is 1. The van der Waals surface area contributed by atoms with Crippen molar-refractivity contribution in [2.45, 2.75) is 13.2 Å². The Hall–Kier alpha value is -2.41. The maximum atomic E-state index is 8.58. The smallest absolute Gasteiger partial charge is 0.0705 e. The Morgan fingerprint density at radius 1 is 1.00 bits per heavy atom. The molecule has 0 radical (unpaired) electrons. The first kappa shape index (κ1) is 8.01. The van der Waals surface area contributed by atoms with E-state index < -0.39 is 13.2 Å². The standard InChI is InChI=1S/C19H17N/c1-15-14-20-19(17-10-6-3-7-11-17)13-18(15)12-16-8-4-2-5-9-16/h2-11,13-14H,12H2,1H3/i1D3,12D2. The first-order valence-corrected chi connectivity index (χ1v) is 6.42. The molecule has 20 heavy (non-hydrogen) atoms. The third-order valence-electron chi connectivity index (χ3n) is 3.03. The van der Waals surface area contributed by atoms with E-state index in [0.29, 0.717) is 11.3 Å². The summed E-state index contributed by atoms with van der Waals surface area (Å²) in [6, 6.07) is 19.5. The number of aryl methyl sites for hydroxylation is 1. The van der Waals surface area contributed by atoms with Crippen LogP contribution < -0.4 is 0 Å². The van der Waals surface area contributed by atoms with Gasteiger partial charge in [-0.05, 0) is 36.0 Å². The summed E-state index contributed by atoms with van der Waals surface area (Å²) < 4.78 is 40.4. The first-order valence-electron chi connectivity index (χ1n) is 8.92. The quantitative estimate of drug-likeness (QED) is 0.671. The van der Waals surface area contributed by atoms with Crippen molar-refractivity contribution in [2.24, 2.45) is 0 Å². The third-order valence-corrected chi connectivity index (χ3v) is 3.03. The van der Waals surface area contributed by atoms with E-state index >= 15 is 0 Å². The summed E-state index contributed by atoms with van der Waals surface area (Å²) in [4.78, 5) is 4.26. The summed E-state index contributed by atoms with van der Waals surface area (Å²) in [5.41, 5.74) is 1.81. The van der Waals surface area contributed by atoms with Gasteiger partial charge in [-0.1, -0.05) is 60.7 Å². The van der Waals surface area contributed by atoms with Crippen molar-refractivity contribution in [1.29, 1.82) is 0 Å². The van der Waals surface area contributed by atoms with Gasteiger partial charge in [-0.15, -0.1) is 0 Å². The molecule has 98 valence electrons. The molecule has 0 fully saturated rings. The van der Waals surface area contributed by atoms with Crippen LogP contribution in [0.25, 0.3) is 11.3 Å². The van der Waals surface area contributed by atoms with Crippen LogP contribution in [-0.4, -0.2) is 4.98 Å². The molecule has 0 aliphatic rings. The van der Waals surface area contributed by atoms with Gasteiger partial charge in [-0.25, -0.2) is 0 Å². The maximum Gasteiger partial charge on any atom is 0.0705 e. The highest BCUT2D eigenvalue weighted by Gasteiger charge is 2.04. The van der Waals surface area contributed by atoms with Crippen molar-refractivity contribution in [3.63, 3.8) is 0 Å². The highest BCUT2D eigenvalue weighted by molar-refractivity contribution is 5.60. The van der Waals surface area contributed by atoms with Crippen molar-refractivity contribution in [3.8, 4) is 11.3 Å². The Bertz CT molecular complexity index is 858. The molecule has 0 saturated heterocycles. The van der Waals surface area contributed by atoms with E-state index in [4.69, 9.17) is 6.85 Å². The van der Waals surface area contributed by atoms with Gasteiger partial charge in [0.25, 0.3) is 0 Å². The Morgan fingerprint density at radius 2 is 1.70 bits per heavy atom. The van der Waals surface area contributed by atoms with E-state index in [-0.39, 0.29) is 11.1 Å². The van der Waals surface area contributed by atoms with Crippen molar-refractivity contribution in [2.75, 3.05) is 0 Å². The van der Waals surface area contributed by atoms with Gasteiger partial charge in [0.1, 0.15) is 0 Å². The van der Waals surface area contributed by atoms with Crippen LogP contribution in [0.1, 0.15) is 23.5 Å². The molecule has 0 saturated carbocycles. The molecule has 0 atom stereocenters. The number of hydrogen-bond acceptors (Lipinski definition) is 1. The maximum absolute atomic E-state index is 8.58. The van der Waals surface area contributed by atoms with Crippen molar-refractivity contribution < 1.29 is 6.85 Å². The van der Waals surface area contributed by atoms with Gasteiger partial charge in [0, 0.05) is 18.6 Å². The fourth-order valence-electron chi connectivity index (χ4n) is 2.00. The van der Waals surface area contributed by atoms with Crippen molar-refractivity contribution in [1.82, 2.24) is 4.98 Å². The van der Waals surface area contributed by atoms with Crippen molar-refractivity contribution in [3.05, 3.63) is 89.6 Å². The fourth-order valence-corrected chi connectivity index (χ4v) is 2.00. The Balaban J connectivity index is 2.22. The van der Waals surface area contributed by atoms with Gasteiger partial charge in [-0.3, -0.25) is 4.98 Å². The molecule has 0 unspecified atom stereocenters. The monoisotopic (exact) mass is 264 g/mol. The lowest BCUT2D eigenvalue weighted by molar-refractivity contribution is 1.12. The van der Waals surface area contributed by atoms with E-state index in [2.05, 4.69) is 4.98 Å². The van der Waals surface area contributed by atoms with Crippen LogP contribution in [-0.2, 0) is 6.37 Å². The molecule has 1 aromatic heterocycles. The normalized spacial score (nSPS) is 15.5. The molecular weight excluding hydrogens is 242 g/mol. The summed E-state index contributed by atoms with van der Waals surface area (Å²) in [7, 11) is 0. The minimum atomic E-state index is -2.44. The van der Waals surface area contributed by atoms with E-state index in [9.17, 15) is 0 Å². The average molecular weight is 264 g/mol. The Kier molecular flexibility index (Phi) is 2.28. The van der Waals surface area contributed by atoms with Crippen LogP contribution in [0.4, 0.5) is 0 Å². The second kappa shape index (κ2) is 5.70. The molecule has 1 heteroatoms. The first-order chi connectivity index (χ1) is 11.8. The number of pyridine rings is 1. The molecule has 3 aromatic rings. The zero-order chi connectivity index (χ0) is 18.1. The summed E-state index contributed by atoms with van der Waals surface area (Å²) in [6.45, 7) is -2.44. The molecule has 0 spiro atoms. The lowest BCUT2D eigenvalue weighted by atomic mass is 10.00. The lowest BCUT2D eigenvalue weighted by Gasteiger charge is -2.08. The molecular formula is C19H17N. The molecule has 0 aliphatic carbocycles. The lowest BCUT2D eigenvalue weighted by Crippen LogP contribution is -1.95. The number of nitrogens with zero attached hydrogens (tertiary/aromatic N) is 1. The molecule has 3 rings (SSSR count). The van der Waals surface area contributed by atoms with Gasteiger partial charge in [0.15, 0.2) is 0 Å². The van der Waals surface area contributed by atoms with Crippen molar-refractivity contribution >= 4 is 0 Å². The summed E-state index contributed by atoms with van der Waals surface area (Å²) in [6.07, 6.45) is -0.678. The molecule has 1 heterocycles. The fraction of sp³-hybridized carbons (Fsp3) is 0.105. The van der Waals surface area contributed by atoms with Gasteiger partial charge < -0.3 is 0 Å². The number of rotatable bonds is 3. The van der Waals surface area contributed by atoms with Crippen LogP contribution in [0.5, 0.6) is 0 Å². The summed E-state index contributed by atoms with van der Waals surface area (Å²) in [5, 5.41) is 0. The van der Waals surface area contributed by atoms with Crippen LogP contribution in [0, 0.1) is 6.85 Å². The van der Waals surface area contributed by atoms with E-state index in [1.165, 1.54) is 6.20 Å². The second-order valence-electron chi connectivity index (χ2n) is 4.47. The molecule has 1 nitrogen and oxygen atoms in total. The van der Waals surface area contributed by atoms with Gasteiger partial charge in [0.2, 0.25) is 0 Å². The summed E-state index contributed by atoms with van der Waals surface area (Å²) >= 11 is 0. The van der Waals surface area contributed by atoms with Crippen LogP contribution in [0.3, 0.4) is 0 Å². The van der Waals surface area contributed by atoms with E-state index in [1.54, 1.807) is 36.4 Å². The predicted molar refractivity (Wildman–Crippen MR) is 83.7 cm³/mol. The number of hydrogen-bond donors (Lipinski definition) is 0. The molecule has 0 bridgehead atoms.